The van der Waals surface area contributed by atoms with Crippen LogP contribution in [-0.2, 0) is 9.53 Å². The van der Waals surface area contributed by atoms with Gasteiger partial charge in [-0.2, -0.15) is 0 Å². The van der Waals surface area contributed by atoms with Crippen molar-refractivity contribution in [3.8, 4) is 0 Å². The number of ether oxygens (including phenoxy) is 1. The second-order valence-corrected chi connectivity index (χ2v) is 6.49. The van der Waals surface area contributed by atoms with E-state index in [1.165, 1.54) is 0 Å². The number of amides is 1. The average Bonchev–Trinajstić information content (AvgIpc) is 3.10. The third-order valence-corrected chi connectivity index (χ3v) is 5.12. The smallest absolute Gasteiger partial charge is 0.229 e. The molecule has 3 rings (SSSR count). The van der Waals surface area contributed by atoms with Crippen LogP contribution in [0, 0.1) is 5.92 Å². The average molecular weight is 298 g/mol. The predicted molar refractivity (Wildman–Crippen MR) is 77.3 cm³/mol. The van der Waals surface area contributed by atoms with Crippen molar-refractivity contribution in [1.29, 1.82) is 0 Å². The fourth-order valence-corrected chi connectivity index (χ4v) is 3.95. The molecule has 2 fully saturated rings. The van der Waals surface area contributed by atoms with Crippen LogP contribution in [0.4, 0.5) is 0 Å². The molecular formula is C14H16ClNO2S. The Bertz CT molecular complexity index is 459. The van der Waals surface area contributed by atoms with Gasteiger partial charge in [-0.05, 0) is 24.1 Å². The highest BCUT2D eigenvalue weighted by Crippen LogP contribution is 2.39. The first kappa shape index (κ1) is 13.3. The highest BCUT2D eigenvalue weighted by Gasteiger charge is 2.35. The first-order chi connectivity index (χ1) is 9.25. The molecule has 1 amide bonds. The molecule has 0 N–H and O–H groups in total. The number of carbonyl (C=O) groups is 1. The molecule has 1 aromatic rings. The minimum atomic E-state index is 0.0495. The van der Waals surface area contributed by atoms with Gasteiger partial charge in [0, 0.05) is 23.9 Å². The highest BCUT2D eigenvalue weighted by molar-refractivity contribution is 7.99. The van der Waals surface area contributed by atoms with Gasteiger partial charge in [0.15, 0.2) is 0 Å². The lowest BCUT2D eigenvalue weighted by Gasteiger charge is -2.26. The van der Waals surface area contributed by atoms with E-state index >= 15 is 0 Å². The van der Waals surface area contributed by atoms with Crippen LogP contribution < -0.4 is 0 Å². The molecule has 2 aliphatic heterocycles. The normalized spacial score (nSPS) is 26.9. The summed E-state index contributed by atoms with van der Waals surface area (Å²) < 4.78 is 5.32. The summed E-state index contributed by atoms with van der Waals surface area (Å²) in [4.78, 5) is 14.5. The van der Waals surface area contributed by atoms with E-state index in [9.17, 15) is 4.79 Å². The van der Waals surface area contributed by atoms with Gasteiger partial charge in [-0.25, -0.2) is 0 Å². The van der Waals surface area contributed by atoms with Gasteiger partial charge in [0.2, 0.25) is 5.91 Å². The largest absolute Gasteiger partial charge is 0.381 e. The summed E-state index contributed by atoms with van der Waals surface area (Å²) in [5.74, 6) is 1.28. The standard InChI is InChI=1S/C14H16ClNO2S/c15-12-3-1-10(2-4-12)14-16(6-8-19-14)13(17)11-5-7-18-9-11/h1-4,11,14H,5-9H2. The molecule has 102 valence electrons. The third-order valence-electron chi connectivity index (χ3n) is 3.61. The Hall–Kier alpha value is -0.710. The predicted octanol–water partition coefficient (Wildman–Crippen LogP) is 2.95. The van der Waals surface area contributed by atoms with Crippen LogP contribution >= 0.6 is 23.4 Å². The lowest BCUT2D eigenvalue weighted by molar-refractivity contribution is -0.135. The molecule has 2 atom stereocenters. The summed E-state index contributed by atoms with van der Waals surface area (Å²) in [5.41, 5.74) is 1.15. The molecule has 0 aromatic heterocycles. The first-order valence-corrected chi connectivity index (χ1v) is 7.93. The Morgan fingerprint density at radius 3 is 2.84 bits per heavy atom. The van der Waals surface area contributed by atoms with Gasteiger partial charge < -0.3 is 9.64 Å². The Balaban J connectivity index is 1.77. The van der Waals surface area contributed by atoms with Crippen LogP contribution in [0.25, 0.3) is 0 Å². The lowest BCUT2D eigenvalue weighted by Crippen LogP contribution is -2.35. The van der Waals surface area contributed by atoms with Crippen molar-refractivity contribution in [2.45, 2.75) is 11.8 Å². The number of benzene rings is 1. The molecule has 1 aromatic carbocycles. The van der Waals surface area contributed by atoms with E-state index in [0.717, 1.165) is 29.3 Å². The minimum Gasteiger partial charge on any atom is -0.381 e. The molecule has 0 aliphatic carbocycles. The molecule has 2 heterocycles. The summed E-state index contributed by atoms with van der Waals surface area (Å²) in [6, 6.07) is 7.79. The fraction of sp³-hybridized carbons (Fsp3) is 0.500. The van der Waals surface area contributed by atoms with E-state index < -0.39 is 0 Å². The maximum atomic E-state index is 12.5. The number of hydrogen-bond donors (Lipinski definition) is 0. The molecule has 19 heavy (non-hydrogen) atoms. The van der Waals surface area contributed by atoms with Crippen LogP contribution in [0.15, 0.2) is 24.3 Å². The number of rotatable bonds is 2. The molecule has 2 saturated heterocycles. The SMILES string of the molecule is O=C(C1CCOC1)N1CCSC1c1ccc(Cl)cc1. The van der Waals surface area contributed by atoms with Crippen LogP contribution in [0.3, 0.4) is 0 Å². The van der Waals surface area contributed by atoms with Crippen molar-refractivity contribution >= 4 is 29.3 Å². The van der Waals surface area contributed by atoms with Crippen LogP contribution in [0.2, 0.25) is 5.02 Å². The van der Waals surface area contributed by atoms with Crippen LogP contribution in [-0.4, -0.2) is 36.3 Å². The monoisotopic (exact) mass is 297 g/mol. The second-order valence-electron chi connectivity index (χ2n) is 4.87. The lowest BCUT2D eigenvalue weighted by atomic mass is 10.1. The van der Waals surface area contributed by atoms with Gasteiger partial charge >= 0.3 is 0 Å². The van der Waals surface area contributed by atoms with Crippen molar-refractivity contribution in [2.75, 3.05) is 25.5 Å². The highest BCUT2D eigenvalue weighted by atomic mass is 35.5. The second kappa shape index (κ2) is 5.73. The zero-order chi connectivity index (χ0) is 13.2. The number of thioether (sulfide) groups is 1. The van der Waals surface area contributed by atoms with E-state index in [-0.39, 0.29) is 17.2 Å². The summed E-state index contributed by atoms with van der Waals surface area (Å²) in [6.45, 7) is 2.11. The van der Waals surface area contributed by atoms with Crippen LogP contribution in [0.5, 0.6) is 0 Å². The Kier molecular flexibility index (Phi) is 4.01. The van der Waals surface area contributed by atoms with Crippen molar-refractivity contribution in [3.63, 3.8) is 0 Å². The van der Waals surface area contributed by atoms with E-state index in [0.29, 0.717) is 13.2 Å². The molecule has 0 saturated carbocycles. The maximum absolute atomic E-state index is 12.5. The zero-order valence-corrected chi connectivity index (χ0v) is 12.1. The minimum absolute atomic E-state index is 0.0495. The molecular weight excluding hydrogens is 282 g/mol. The number of carbonyl (C=O) groups excluding carboxylic acids is 1. The van der Waals surface area contributed by atoms with Gasteiger partial charge in [0.25, 0.3) is 0 Å². The fourth-order valence-electron chi connectivity index (χ4n) is 2.56. The van der Waals surface area contributed by atoms with Crippen molar-refractivity contribution in [3.05, 3.63) is 34.9 Å². The molecule has 2 unspecified atom stereocenters. The number of nitrogens with zero attached hydrogens (tertiary/aromatic N) is 1. The molecule has 0 bridgehead atoms. The molecule has 0 spiro atoms. The third kappa shape index (κ3) is 2.76. The Morgan fingerprint density at radius 1 is 1.37 bits per heavy atom. The van der Waals surface area contributed by atoms with E-state index in [1.807, 2.05) is 40.9 Å². The molecule has 0 radical (unpaired) electrons. The number of halogens is 1. The molecule has 2 aliphatic rings. The molecule has 5 heteroatoms. The maximum Gasteiger partial charge on any atom is 0.229 e. The zero-order valence-electron chi connectivity index (χ0n) is 10.5. The quantitative estimate of drug-likeness (QED) is 0.840. The number of hydrogen-bond acceptors (Lipinski definition) is 3. The topological polar surface area (TPSA) is 29.5 Å². The summed E-state index contributed by atoms with van der Waals surface area (Å²) >= 11 is 7.73. The van der Waals surface area contributed by atoms with Crippen LogP contribution in [0.1, 0.15) is 17.4 Å². The summed E-state index contributed by atoms with van der Waals surface area (Å²) in [6.07, 6.45) is 0.855. The van der Waals surface area contributed by atoms with Gasteiger partial charge in [0.05, 0.1) is 12.5 Å². The van der Waals surface area contributed by atoms with Gasteiger partial charge in [-0.3, -0.25) is 4.79 Å². The van der Waals surface area contributed by atoms with Gasteiger partial charge in [-0.1, -0.05) is 23.7 Å². The van der Waals surface area contributed by atoms with Gasteiger partial charge in [0.1, 0.15) is 5.37 Å². The van der Waals surface area contributed by atoms with Crippen molar-refractivity contribution < 1.29 is 9.53 Å². The Morgan fingerprint density at radius 2 is 2.16 bits per heavy atom. The first-order valence-electron chi connectivity index (χ1n) is 6.51. The summed E-state index contributed by atoms with van der Waals surface area (Å²) in [5, 5.41) is 0.860. The van der Waals surface area contributed by atoms with E-state index in [2.05, 4.69) is 0 Å². The summed E-state index contributed by atoms with van der Waals surface area (Å²) in [7, 11) is 0. The molecule has 3 nitrogen and oxygen atoms in total. The van der Waals surface area contributed by atoms with Crippen molar-refractivity contribution in [2.24, 2.45) is 5.92 Å². The van der Waals surface area contributed by atoms with Gasteiger partial charge in [-0.15, -0.1) is 11.8 Å². The van der Waals surface area contributed by atoms with E-state index in [4.69, 9.17) is 16.3 Å². The van der Waals surface area contributed by atoms with Crippen molar-refractivity contribution in [1.82, 2.24) is 4.90 Å². The van der Waals surface area contributed by atoms with E-state index in [1.54, 1.807) is 0 Å². The Labute approximate surface area is 122 Å².